The van der Waals surface area contributed by atoms with E-state index in [4.69, 9.17) is 9.15 Å². The lowest BCUT2D eigenvalue weighted by molar-refractivity contribution is -0.137. The van der Waals surface area contributed by atoms with Gasteiger partial charge in [0.05, 0.1) is 4.90 Å². The summed E-state index contributed by atoms with van der Waals surface area (Å²) in [6, 6.07) is 8.92. The van der Waals surface area contributed by atoms with Gasteiger partial charge in [0.25, 0.3) is 0 Å². The van der Waals surface area contributed by atoms with Crippen LogP contribution in [0.25, 0.3) is 11.0 Å². The van der Waals surface area contributed by atoms with Gasteiger partial charge in [-0.1, -0.05) is 17.7 Å². The van der Waals surface area contributed by atoms with Crippen molar-refractivity contribution < 1.29 is 22.4 Å². The molecule has 3 aromatic rings. The van der Waals surface area contributed by atoms with Crippen molar-refractivity contribution in [3.63, 3.8) is 0 Å². The Morgan fingerprint density at radius 1 is 1.03 bits per heavy atom. The monoisotopic (exact) mass is 455 g/mol. The number of nitrogens with zero attached hydrogens (tertiary/aromatic N) is 1. The van der Waals surface area contributed by atoms with Gasteiger partial charge in [0.2, 0.25) is 10.0 Å². The number of fused-ring (bicyclic) bond motifs is 1. The molecule has 0 spiro atoms. The van der Waals surface area contributed by atoms with Crippen molar-refractivity contribution >= 4 is 27.0 Å². The van der Waals surface area contributed by atoms with Gasteiger partial charge in [-0.25, -0.2) is 18.0 Å². The average molecular weight is 456 g/mol. The van der Waals surface area contributed by atoms with E-state index in [1.54, 1.807) is 32.9 Å². The molecule has 1 aromatic heterocycles. The highest BCUT2D eigenvalue weighted by Gasteiger charge is 2.41. The molecule has 32 heavy (non-hydrogen) atoms. The Labute approximate surface area is 186 Å². The van der Waals surface area contributed by atoms with Gasteiger partial charge in [-0.2, -0.15) is 4.31 Å². The topological polar surface area (TPSA) is 93.9 Å². The first kappa shape index (κ1) is 22.2. The number of benzene rings is 2. The van der Waals surface area contributed by atoms with Crippen molar-refractivity contribution in [1.82, 2.24) is 4.31 Å². The molecule has 4 rings (SSSR count). The normalized spacial score (nSPS) is 17.1. The maximum atomic E-state index is 13.5. The van der Waals surface area contributed by atoms with Crippen molar-refractivity contribution in [3.05, 3.63) is 69.1 Å². The summed E-state index contributed by atoms with van der Waals surface area (Å²) in [6.07, 6.45) is 0.943. The fourth-order valence-corrected chi connectivity index (χ4v) is 6.57. The van der Waals surface area contributed by atoms with E-state index in [2.05, 4.69) is 0 Å². The molecule has 1 saturated heterocycles. The van der Waals surface area contributed by atoms with Crippen LogP contribution in [0.3, 0.4) is 0 Å². The van der Waals surface area contributed by atoms with Crippen LogP contribution in [0.15, 0.2) is 50.5 Å². The molecule has 7 nitrogen and oxygen atoms in total. The van der Waals surface area contributed by atoms with Crippen LogP contribution >= 0.6 is 0 Å². The molecule has 0 unspecified atom stereocenters. The van der Waals surface area contributed by atoms with E-state index < -0.39 is 27.7 Å². The van der Waals surface area contributed by atoms with E-state index in [1.807, 2.05) is 19.1 Å². The second-order valence-electron chi connectivity index (χ2n) is 8.33. The number of aryl methyl sites for hydroxylation is 4. The number of hydrogen-bond donors (Lipinski definition) is 0. The van der Waals surface area contributed by atoms with Crippen LogP contribution in [0.5, 0.6) is 5.75 Å². The molecule has 2 heterocycles. The van der Waals surface area contributed by atoms with E-state index in [1.165, 1.54) is 16.4 Å². The summed E-state index contributed by atoms with van der Waals surface area (Å²) in [4.78, 5) is 24.9. The molecule has 0 amide bonds. The SMILES string of the molecule is Cc1cc(C)c(S(=O)(=O)N2CCC[C@@H]2C(=O)Oc2ccc3c(C)cc(=O)oc3c2)c(C)c1. The lowest BCUT2D eigenvalue weighted by Crippen LogP contribution is -2.42. The van der Waals surface area contributed by atoms with Gasteiger partial charge in [-0.3, -0.25) is 0 Å². The molecule has 0 saturated carbocycles. The number of hydrogen-bond acceptors (Lipinski definition) is 6. The number of esters is 1. The molecule has 2 aromatic carbocycles. The number of carbonyl (C=O) groups is 1. The quantitative estimate of drug-likeness (QED) is 0.338. The zero-order chi connectivity index (χ0) is 23.2. The maximum Gasteiger partial charge on any atom is 0.336 e. The Balaban J connectivity index is 1.63. The molecular formula is C24H25NO6S. The molecule has 0 N–H and O–H groups in total. The number of carbonyl (C=O) groups excluding carboxylic acids is 1. The summed E-state index contributed by atoms with van der Waals surface area (Å²) in [5, 5.41) is 0.736. The number of ether oxygens (including phenoxy) is 1. The van der Waals surface area contributed by atoms with Crippen molar-refractivity contribution in [2.75, 3.05) is 6.54 Å². The standard InChI is InChI=1S/C24H25NO6S/c1-14-10-16(3)23(17(4)11-14)32(28,29)25-9-5-6-20(25)24(27)30-18-7-8-19-15(2)12-22(26)31-21(19)13-18/h7-8,10-13,20H,5-6,9H2,1-4H3/t20-/m1/s1. The number of sulfonamides is 1. The second kappa shape index (κ2) is 8.18. The van der Waals surface area contributed by atoms with Crippen molar-refractivity contribution in [2.45, 2.75) is 51.5 Å². The average Bonchev–Trinajstić information content (AvgIpc) is 3.17. The Morgan fingerprint density at radius 2 is 1.72 bits per heavy atom. The minimum atomic E-state index is -3.88. The van der Waals surface area contributed by atoms with Gasteiger partial charge in [0.1, 0.15) is 17.4 Å². The third kappa shape index (κ3) is 3.96. The molecule has 168 valence electrons. The lowest BCUT2D eigenvalue weighted by Gasteiger charge is -2.24. The molecule has 1 atom stereocenters. The Bertz CT molecular complexity index is 1370. The first-order chi connectivity index (χ1) is 15.1. The van der Waals surface area contributed by atoms with Crippen molar-refractivity contribution in [2.24, 2.45) is 0 Å². The molecule has 0 bridgehead atoms. The molecule has 1 aliphatic heterocycles. The predicted octanol–water partition coefficient (Wildman–Crippen LogP) is 3.79. The third-order valence-corrected chi connectivity index (χ3v) is 8.00. The third-order valence-electron chi connectivity index (χ3n) is 5.79. The summed E-state index contributed by atoms with van der Waals surface area (Å²) in [5.74, 6) is -0.453. The first-order valence-corrected chi connectivity index (χ1v) is 11.9. The summed E-state index contributed by atoms with van der Waals surface area (Å²) in [6.45, 7) is 7.49. The van der Waals surface area contributed by atoms with E-state index in [0.29, 0.717) is 29.6 Å². The Kier molecular flexibility index (Phi) is 5.68. The highest BCUT2D eigenvalue weighted by atomic mass is 32.2. The van der Waals surface area contributed by atoms with Gasteiger partial charge in [0.15, 0.2) is 0 Å². The van der Waals surface area contributed by atoms with Gasteiger partial charge >= 0.3 is 11.6 Å². The van der Waals surface area contributed by atoms with Crippen molar-refractivity contribution in [3.8, 4) is 5.75 Å². The molecular weight excluding hydrogens is 430 g/mol. The Morgan fingerprint density at radius 3 is 2.41 bits per heavy atom. The highest BCUT2D eigenvalue weighted by molar-refractivity contribution is 7.89. The first-order valence-electron chi connectivity index (χ1n) is 10.4. The largest absolute Gasteiger partial charge is 0.425 e. The van der Waals surface area contributed by atoms with Gasteiger partial charge in [0, 0.05) is 24.1 Å². The van der Waals surface area contributed by atoms with Crippen LogP contribution < -0.4 is 10.4 Å². The zero-order valence-corrected chi connectivity index (χ0v) is 19.3. The Hall–Kier alpha value is -2.97. The van der Waals surface area contributed by atoms with Crippen molar-refractivity contribution in [1.29, 1.82) is 0 Å². The molecule has 1 aliphatic rings. The molecule has 8 heteroatoms. The van der Waals surface area contributed by atoms with E-state index in [9.17, 15) is 18.0 Å². The fraction of sp³-hybridized carbons (Fsp3) is 0.333. The van der Waals surface area contributed by atoms with Crippen LogP contribution in [0.4, 0.5) is 0 Å². The fourth-order valence-electron chi connectivity index (χ4n) is 4.51. The maximum absolute atomic E-state index is 13.5. The van der Waals surface area contributed by atoms with E-state index >= 15 is 0 Å². The summed E-state index contributed by atoms with van der Waals surface area (Å²) in [7, 11) is -3.88. The van der Waals surface area contributed by atoms with Crippen LogP contribution in [0, 0.1) is 27.7 Å². The smallest absolute Gasteiger partial charge is 0.336 e. The molecule has 0 aliphatic carbocycles. The van der Waals surface area contributed by atoms with Crippen LogP contribution in [-0.4, -0.2) is 31.3 Å². The van der Waals surface area contributed by atoms with E-state index in [-0.39, 0.29) is 17.2 Å². The van der Waals surface area contributed by atoms with Crippen LogP contribution in [0.1, 0.15) is 35.1 Å². The minimum absolute atomic E-state index is 0.197. The lowest BCUT2D eigenvalue weighted by atomic mass is 10.1. The van der Waals surface area contributed by atoms with Gasteiger partial charge in [-0.05, 0) is 69.4 Å². The van der Waals surface area contributed by atoms with Gasteiger partial charge in [-0.15, -0.1) is 0 Å². The van der Waals surface area contributed by atoms with E-state index in [0.717, 1.165) is 16.5 Å². The van der Waals surface area contributed by atoms with Crippen LogP contribution in [0.2, 0.25) is 0 Å². The van der Waals surface area contributed by atoms with Gasteiger partial charge < -0.3 is 9.15 Å². The summed E-state index contributed by atoms with van der Waals surface area (Å²) >= 11 is 0. The highest BCUT2D eigenvalue weighted by Crippen LogP contribution is 2.32. The minimum Gasteiger partial charge on any atom is -0.425 e. The molecule has 0 radical (unpaired) electrons. The molecule has 1 fully saturated rings. The predicted molar refractivity (Wildman–Crippen MR) is 120 cm³/mol. The summed E-state index contributed by atoms with van der Waals surface area (Å²) < 4.78 is 38.9. The van der Waals surface area contributed by atoms with Crippen LogP contribution in [-0.2, 0) is 14.8 Å². The number of rotatable bonds is 4. The summed E-state index contributed by atoms with van der Waals surface area (Å²) in [5.41, 5.74) is 2.86. The zero-order valence-electron chi connectivity index (χ0n) is 18.5. The second-order valence-corrected chi connectivity index (χ2v) is 10.2.